The highest BCUT2D eigenvalue weighted by molar-refractivity contribution is 5.96. The van der Waals surface area contributed by atoms with Crippen molar-refractivity contribution in [2.45, 2.75) is 6.92 Å². The molecule has 6 heteroatoms. The number of nitrogens with zero attached hydrogens (tertiary/aromatic N) is 1. The fraction of sp³-hybridized carbons (Fsp3) is 0.273. The molecule has 1 aromatic rings. The van der Waals surface area contributed by atoms with Crippen LogP contribution >= 0.6 is 0 Å². The van der Waals surface area contributed by atoms with Crippen molar-refractivity contribution in [3.63, 3.8) is 0 Å². The Balaban J connectivity index is 3.18. The van der Waals surface area contributed by atoms with Gasteiger partial charge in [0.2, 0.25) is 5.91 Å². The quantitative estimate of drug-likeness (QED) is 0.648. The number of carbonyl (C=O) groups excluding carboxylic acids is 1. The van der Waals surface area contributed by atoms with Crippen LogP contribution in [0.3, 0.4) is 0 Å². The molecule has 0 unspecified atom stereocenters. The maximum absolute atomic E-state index is 11.0. The van der Waals surface area contributed by atoms with E-state index in [1.807, 2.05) is 0 Å². The zero-order valence-corrected chi connectivity index (χ0v) is 9.73. The summed E-state index contributed by atoms with van der Waals surface area (Å²) in [6, 6.07) is 3.14. The van der Waals surface area contributed by atoms with Crippen LogP contribution in [0.2, 0.25) is 0 Å². The molecule has 6 nitrogen and oxygen atoms in total. The Bertz CT molecular complexity index is 471. The summed E-state index contributed by atoms with van der Waals surface area (Å²) >= 11 is 0. The second-order valence-electron chi connectivity index (χ2n) is 3.85. The highest BCUT2D eigenvalue weighted by Crippen LogP contribution is 2.24. The Hall–Kier alpha value is -2.24. The number of aromatic carboxylic acids is 1. The third kappa shape index (κ3) is 2.87. The maximum Gasteiger partial charge on any atom is 0.337 e. The summed E-state index contributed by atoms with van der Waals surface area (Å²) in [7, 11) is 1.65. The van der Waals surface area contributed by atoms with Gasteiger partial charge in [-0.15, -0.1) is 0 Å². The van der Waals surface area contributed by atoms with Crippen LogP contribution < -0.4 is 16.4 Å². The number of amides is 1. The number of rotatable bonds is 4. The molecule has 0 aliphatic rings. The first-order valence-corrected chi connectivity index (χ1v) is 4.95. The summed E-state index contributed by atoms with van der Waals surface area (Å²) in [5, 5.41) is 8.99. The van der Waals surface area contributed by atoms with Gasteiger partial charge in [0.15, 0.2) is 0 Å². The average molecular weight is 237 g/mol. The first-order valence-electron chi connectivity index (χ1n) is 4.95. The van der Waals surface area contributed by atoms with Gasteiger partial charge in [0.25, 0.3) is 0 Å². The van der Waals surface area contributed by atoms with Crippen molar-refractivity contribution < 1.29 is 14.7 Å². The van der Waals surface area contributed by atoms with Crippen molar-refractivity contribution in [1.29, 1.82) is 0 Å². The number of aryl methyl sites for hydroxylation is 1. The lowest BCUT2D eigenvalue weighted by atomic mass is 10.1. The van der Waals surface area contributed by atoms with E-state index in [2.05, 4.69) is 0 Å². The van der Waals surface area contributed by atoms with E-state index >= 15 is 0 Å². The number of hydrogen-bond donors (Lipinski definition) is 3. The molecule has 0 fully saturated rings. The number of nitrogens with two attached hydrogens (primary N) is 2. The highest BCUT2D eigenvalue weighted by atomic mass is 16.4. The van der Waals surface area contributed by atoms with Crippen LogP contribution in [0.5, 0.6) is 0 Å². The fourth-order valence-electron chi connectivity index (χ4n) is 1.50. The predicted octanol–water partition coefficient (Wildman–Crippen LogP) is 0.197. The molecule has 0 spiro atoms. The molecule has 1 aromatic carbocycles. The molecule has 0 radical (unpaired) electrons. The molecule has 0 aliphatic heterocycles. The van der Waals surface area contributed by atoms with Gasteiger partial charge in [0, 0.05) is 18.4 Å². The van der Waals surface area contributed by atoms with Crippen molar-refractivity contribution in [2.75, 3.05) is 24.2 Å². The third-order valence-corrected chi connectivity index (χ3v) is 2.44. The van der Waals surface area contributed by atoms with Crippen LogP contribution in [0.25, 0.3) is 0 Å². The lowest BCUT2D eigenvalue weighted by Gasteiger charge is -2.19. The van der Waals surface area contributed by atoms with Crippen LogP contribution in [-0.2, 0) is 4.79 Å². The van der Waals surface area contributed by atoms with E-state index in [-0.39, 0.29) is 17.8 Å². The molecule has 1 amide bonds. The number of carboxylic acid groups (broad SMARTS) is 1. The fourth-order valence-corrected chi connectivity index (χ4v) is 1.50. The number of likely N-dealkylation sites (N-methyl/N-ethyl adjacent to an activating group) is 1. The molecule has 0 saturated carbocycles. The Morgan fingerprint density at radius 2 is 2.00 bits per heavy atom. The summed E-state index contributed by atoms with van der Waals surface area (Å²) in [6.07, 6.45) is 0. The number of anilines is 2. The summed E-state index contributed by atoms with van der Waals surface area (Å²) in [4.78, 5) is 23.3. The first-order chi connectivity index (χ1) is 7.82. The first kappa shape index (κ1) is 12.8. The van der Waals surface area contributed by atoms with Gasteiger partial charge in [-0.25, -0.2) is 4.79 Å². The topological polar surface area (TPSA) is 110 Å². The van der Waals surface area contributed by atoms with Crippen molar-refractivity contribution in [3.05, 3.63) is 23.3 Å². The van der Waals surface area contributed by atoms with Gasteiger partial charge in [-0.1, -0.05) is 0 Å². The van der Waals surface area contributed by atoms with Gasteiger partial charge in [-0.3, -0.25) is 4.79 Å². The van der Waals surface area contributed by atoms with E-state index in [4.69, 9.17) is 16.6 Å². The zero-order chi connectivity index (χ0) is 13.2. The normalized spacial score (nSPS) is 10.0. The van der Waals surface area contributed by atoms with Crippen LogP contribution in [0.15, 0.2) is 12.1 Å². The average Bonchev–Trinajstić information content (AvgIpc) is 2.20. The molecule has 0 aromatic heterocycles. The van der Waals surface area contributed by atoms with E-state index in [9.17, 15) is 9.59 Å². The molecule has 17 heavy (non-hydrogen) atoms. The number of carbonyl (C=O) groups is 2. The second kappa shape index (κ2) is 4.73. The second-order valence-corrected chi connectivity index (χ2v) is 3.85. The summed E-state index contributed by atoms with van der Waals surface area (Å²) in [5.74, 6) is -1.58. The molecular weight excluding hydrogens is 222 g/mol. The minimum Gasteiger partial charge on any atom is -0.478 e. The SMILES string of the molecule is Cc1cc(N(C)CC(N)=O)cc(C(=O)O)c1N. The van der Waals surface area contributed by atoms with Gasteiger partial charge < -0.3 is 21.5 Å². The summed E-state index contributed by atoms with van der Waals surface area (Å²) in [5.41, 5.74) is 12.2. The minimum absolute atomic E-state index is 0.0163. The monoisotopic (exact) mass is 237 g/mol. The van der Waals surface area contributed by atoms with Crippen LogP contribution in [0.1, 0.15) is 15.9 Å². The molecule has 0 atom stereocenters. The smallest absolute Gasteiger partial charge is 0.337 e. The Kier molecular flexibility index (Phi) is 3.57. The van der Waals surface area contributed by atoms with E-state index < -0.39 is 11.9 Å². The Labute approximate surface area is 98.8 Å². The molecule has 0 aliphatic carbocycles. The van der Waals surface area contributed by atoms with Crippen molar-refractivity contribution >= 4 is 23.3 Å². The van der Waals surface area contributed by atoms with E-state index in [1.165, 1.54) is 6.07 Å². The van der Waals surface area contributed by atoms with Gasteiger partial charge in [0.1, 0.15) is 0 Å². The van der Waals surface area contributed by atoms with Gasteiger partial charge in [-0.2, -0.15) is 0 Å². The standard InChI is InChI=1S/C11H15N3O3/c1-6-3-7(14(2)5-9(12)15)4-8(10(6)13)11(16)17/h3-4H,5,13H2,1-2H3,(H2,12,15)(H,16,17). The van der Waals surface area contributed by atoms with Gasteiger partial charge >= 0.3 is 5.97 Å². The lowest BCUT2D eigenvalue weighted by Crippen LogP contribution is -2.30. The van der Waals surface area contributed by atoms with Crippen LogP contribution in [-0.4, -0.2) is 30.6 Å². The Morgan fingerprint density at radius 1 is 1.41 bits per heavy atom. The third-order valence-electron chi connectivity index (χ3n) is 2.44. The number of carboxylic acids is 1. The van der Waals surface area contributed by atoms with Crippen molar-refractivity contribution in [3.8, 4) is 0 Å². The molecule has 5 N–H and O–H groups in total. The molecule has 0 bridgehead atoms. The predicted molar refractivity (Wildman–Crippen MR) is 65.0 cm³/mol. The maximum atomic E-state index is 11.0. The molecule has 1 rings (SSSR count). The highest BCUT2D eigenvalue weighted by Gasteiger charge is 2.14. The summed E-state index contributed by atoms with van der Waals surface area (Å²) < 4.78 is 0. The summed E-state index contributed by atoms with van der Waals surface area (Å²) in [6.45, 7) is 1.73. The van der Waals surface area contributed by atoms with E-state index in [1.54, 1.807) is 24.9 Å². The Morgan fingerprint density at radius 3 is 2.47 bits per heavy atom. The molecule has 92 valence electrons. The lowest BCUT2D eigenvalue weighted by molar-refractivity contribution is -0.116. The minimum atomic E-state index is -1.10. The van der Waals surface area contributed by atoms with Gasteiger partial charge in [0.05, 0.1) is 12.1 Å². The van der Waals surface area contributed by atoms with Crippen LogP contribution in [0, 0.1) is 6.92 Å². The number of benzene rings is 1. The molecule has 0 saturated heterocycles. The number of nitrogen functional groups attached to an aromatic ring is 1. The van der Waals surface area contributed by atoms with E-state index in [0.717, 1.165) is 0 Å². The zero-order valence-electron chi connectivity index (χ0n) is 9.73. The van der Waals surface area contributed by atoms with E-state index in [0.29, 0.717) is 11.3 Å². The molecule has 0 heterocycles. The largest absolute Gasteiger partial charge is 0.478 e. The van der Waals surface area contributed by atoms with Crippen molar-refractivity contribution in [2.24, 2.45) is 5.73 Å². The van der Waals surface area contributed by atoms with Gasteiger partial charge in [-0.05, 0) is 24.6 Å². The van der Waals surface area contributed by atoms with Crippen molar-refractivity contribution in [1.82, 2.24) is 0 Å². The molecular formula is C11H15N3O3. The number of hydrogen-bond acceptors (Lipinski definition) is 4. The van der Waals surface area contributed by atoms with Crippen LogP contribution in [0.4, 0.5) is 11.4 Å². The number of primary amides is 1.